The van der Waals surface area contributed by atoms with Crippen LogP contribution in [-0.2, 0) is 17.7 Å². The molecule has 11 heteroatoms. The minimum Gasteiger partial charge on any atom is -0.465 e. The van der Waals surface area contributed by atoms with E-state index in [4.69, 9.17) is 19.2 Å². The lowest BCUT2D eigenvalue weighted by Gasteiger charge is -2.24. The van der Waals surface area contributed by atoms with Crippen molar-refractivity contribution in [3.63, 3.8) is 0 Å². The van der Waals surface area contributed by atoms with E-state index in [9.17, 15) is 9.90 Å². The smallest absolute Gasteiger partial charge is 0.407 e. The summed E-state index contributed by atoms with van der Waals surface area (Å²) in [6.45, 7) is 4.41. The summed E-state index contributed by atoms with van der Waals surface area (Å²) in [7, 11) is 1.70. The lowest BCUT2D eigenvalue weighted by Crippen LogP contribution is -2.34. The van der Waals surface area contributed by atoms with E-state index in [1.54, 1.807) is 29.8 Å². The summed E-state index contributed by atoms with van der Waals surface area (Å²) in [6.07, 6.45) is 0.780. The maximum atomic E-state index is 11.5. The first-order valence-electron chi connectivity index (χ1n) is 10.9. The molecule has 0 unspecified atom stereocenters. The predicted octanol–water partition coefficient (Wildman–Crippen LogP) is 3.83. The van der Waals surface area contributed by atoms with Gasteiger partial charge < -0.3 is 34.9 Å². The highest BCUT2D eigenvalue weighted by Crippen LogP contribution is 2.47. The van der Waals surface area contributed by atoms with Crippen LogP contribution in [0.3, 0.4) is 0 Å². The number of methoxy groups -OCH3 is 1. The average molecular weight is 491 g/mol. The maximum absolute atomic E-state index is 11.5. The number of nitrogens with zero attached hydrogens (tertiary/aromatic N) is 2. The fourth-order valence-corrected chi connectivity index (χ4v) is 6.47. The van der Waals surface area contributed by atoms with Crippen LogP contribution in [0, 0.1) is 0 Å². The molecule has 0 bridgehead atoms. The average Bonchev–Trinajstić information content (AvgIpc) is 3.51. The van der Waals surface area contributed by atoms with Gasteiger partial charge in [-0.3, -0.25) is 0 Å². The molecule has 0 fully saturated rings. The number of carboxylic acid groups (broad SMARTS) is 1. The normalized spacial score (nSPS) is 14.6. The molecule has 33 heavy (non-hydrogen) atoms. The fraction of sp³-hybridized carbons (Fsp3) is 0.455. The third kappa shape index (κ3) is 4.58. The minimum atomic E-state index is -0.873. The molecule has 5 rings (SSSR count). The number of fused-ring (bicyclic) bond motifs is 3. The third-order valence-electron chi connectivity index (χ3n) is 5.72. The van der Waals surface area contributed by atoms with E-state index in [-0.39, 0.29) is 6.79 Å². The van der Waals surface area contributed by atoms with Crippen molar-refractivity contribution >= 4 is 44.0 Å². The highest BCUT2D eigenvalue weighted by atomic mass is 32.1. The Labute approximate surface area is 199 Å². The van der Waals surface area contributed by atoms with Gasteiger partial charge in [-0.15, -0.1) is 22.7 Å². The van der Waals surface area contributed by atoms with Gasteiger partial charge >= 0.3 is 6.09 Å². The summed E-state index contributed by atoms with van der Waals surface area (Å²) in [5.41, 5.74) is 3.20. The number of carbonyl (C=O) groups is 1. The lowest BCUT2D eigenvalue weighted by atomic mass is 10.0. The Kier molecular flexibility index (Phi) is 6.54. The summed E-state index contributed by atoms with van der Waals surface area (Å²) < 4.78 is 17.1. The zero-order chi connectivity index (χ0) is 22.8. The minimum absolute atomic E-state index is 0.242. The fourth-order valence-electron chi connectivity index (χ4n) is 4.06. The number of nitrogens with one attached hydrogen (secondary N) is 2. The summed E-state index contributed by atoms with van der Waals surface area (Å²) in [6, 6.07) is 3.92. The largest absolute Gasteiger partial charge is 0.465 e. The van der Waals surface area contributed by atoms with Crippen LogP contribution in [0.1, 0.15) is 16.9 Å². The van der Waals surface area contributed by atoms with Crippen LogP contribution in [0.4, 0.5) is 9.80 Å². The highest BCUT2D eigenvalue weighted by molar-refractivity contribution is 7.22. The van der Waals surface area contributed by atoms with Gasteiger partial charge in [0.1, 0.15) is 5.01 Å². The first-order valence-corrected chi connectivity index (χ1v) is 12.5. The van der Waals surface area contributed by atoms with Gasteiger partial charge in [0, 0.05) is 49.3 Å². The molecule has 3 aromatic rings. The number of anilines is 1. The van der Waals surface area contributed by atoms with Crippen LogP contribution >= 0.6 is 22.7 Å². The van der Waals surface area contributed by atoms with Crippen molar-refractivity contribution < 1.29 is 24.1 Å². The number of amides is 1. The van der Waals surface area contributed by atoms with Crippen molar-refractivity contribution in [1.82, 2.24) is 15.2 Å². The van der Waals surface area contributed by atoms with Crippen molar-refractivity contribution in [1.29, 1.82) is 0 Å². The molecule has 2 aliphatic heterocycles. The number of aromatic nitrogens is 1. The van der Waals surface area contributed by atoms with E-state index in [1.165, 1.54) is 10.5 Å². The second kappa shape index (κ2) is 9.72. The molecule has 0 saturated heterocycles. The summed E-state index contributed by atoms with van der Waals surface area (Å²) in [4.78, 5) is 19.0. The highest BCUT2D eigenvalue weighted by Gasteiger charge is 2.29. The van der Waals surface area contributed by atoms with Gasteiger partial charge in [0.05, 0.1) is 28.4 Å². The van der Waals surface area contributed by atoms with E-state index in [0.29, 0.717) is 26.1 Å². The third-order valence-corrected chi connectivity index (χ3v) is 7.93. The van der Waals surface area contributed by atoms with Crippen LogP contribution in [-0.4, -0.2) is 67.8 Å². The number of thiophene rings is 1. The van der Waals surface area contributed by atoms with E-state index >= 15 is 0 Å². The van der Waals surface area contributed by atoms with Gasteiger partial charge in [0.15, 0.2) is 11.5 Å². The van der Waals surface area contributed by atoms with E-state index in [1.807, 2.05) is 12.1 Å². The summed E-state index contributed by atoms with van der Waals surface area (Å²) in [5, 5.41) is 18.4. The lowest BCUT2D eigenvalue weighted by molar-refractivity contribution is 0.140. The number of rotatable bonds is 9. The molecule has 0 spiro atoms. The van der Waals surface area contributed by atoms with E-state index in [0.717, 1.165) is 68.2 Å². The quantitative estimate of drug-likeness (QED) is 0.389. The van der Waals surface area contributed by atoms with Crippen molar-refractivity contribution in [2.45, 2.75) is 19.4 Å². The zero-order valence-corrected chi connectivity index (χ0v) is 19.9. The van der Waals surface area contributed by atoms with Gasteiger partial charge in [0.2, 0.25) is 6.79 Å². The monoisotopic (exact) mass is 490 g/mol. The standard InChI is InChI=1S/C22H26N4O5S2/c1-29-8-6-23-4-2-5-24-20-19(13-3-7-26(22(27)28)11-18(13)33-20)21-25-14-9-15-16(31-12-30-15)10-17(14)32-21/h9-10,23-24H,2-8,11-12H2,1H3,(H,27,28). The van der Waals surface area contributed by atoms with Crippen molar-refractivity contribution in [3.8, 4) is 22.1 Å². The molecular formula is C22H26N4O5S2. The summed E-state index contributed by atoms with van der Waals surface area (Å²) >= 11 is 3.27. The molecule has 1 aromatic carbocycles. The Balaban J connectivity index is 1.41. The molecule has 1 amide bonds. The molecule has 0 saturated carbocycles. The Morgan fingerprint density at radius 3 is 2.91 bits per heavy atom. The number of thiazole rings is 1. The van der Waals surface area contributed by atoms with Crippen LogP contribution < -0.4 is 20.1 Å². The molecule has 0 aliphatic carbocycles. The number of hydrogen-bond donors (Lipinski definition) is 3. The zero-order valence-electron chi connectivity index (χ0n) is 18.3. The van der Waals surface area contributed by atoms with Crippen LogP contribution in [0.25, 0.3) is 20.8 Å². The van der Waals surface area contributed by atoms with Gasteiger partial charge in [-0.1, -0.05) is 0 Å². The van der Waals surface area contributed by atoms with Gasteiger partial charge in [-0.25, -0.2) is 9.78 Å². The molecule has 176 valence electrons. The second-order valence-electron chi connectivity index (χ2n) is 7.88. The molecule has 9 nitrogen and oxygen atoms in total. The molecule has 2 aliphatic rings. The number of benzene rings is 1. The molecule has 3 N–H and O–H groups in total. The van der Waals surface area contributed by atoms with Crippen molar-refractivity contribution in [2.24, 2.45) is 0 Å². The Morgan fingerprint density at radius 1 is 1.24 bits per heavy atom. The van der Waals surface area contributed by atoms with Gasteiger partial charge in [-0.2, -0.15) is 0 Å². The SMILES string of the molecule is COCCNCCCNc1sc2c(c1-c1nc3cc4c(cc3s1)OCO4)CCN(C(=O)O)C2. The maximum Gasteiger partial charge on any atom is 0.407 e. The first kappa shape index (κ1) is 22.2. The molecule has 0 atom stereocenters. The molecular weight excluding hydrogens is 464 g/mol. The first-order chi connectivity index (χ1) is 16.1. The van der Waals surface area contributed by atoms with Crippen molar-refractivity contribution in [2.75, 3.05) is 52.0 Å². The summed E-state index contributed by atoms with van der Waals surface area (Å²) in [5.74, 6) is 1.48. The van der Waals surface area contributed by atoms with Crippen LogP contribution in [0.5, 0.6) is 11.5 Å². The topological polar surface area (TPSA) is 105 Å². The second-order valence-corrected chi connectivity index (χ2v) is 10.0. The molecule has 2 aromatic heterocycles. The van der Waals surface area contributed by atoms with Crippen LogP contribution in [0.15, 0.2) is 12.1 Å². The predicted molar refractivity (Wildman–Crippen MR) is 129 cm³/mol. The van der Waals surface area contributed by atoms with E-state index in [2.05, 4.69) is 10.6 Å². The Morgan fingerprint density at radius 2 is 2.09 bits per heavy atom. The molecule has 0 radical (unpaired) electrons. The van der Waals surface area contributed by atoms with Crippen LogP contribution in [0.2, 0.25) is 0 Å². The van der Waals surface area contributed by atoms with Crippen molar-refractivity contribution in [3.05, 3.63) is 22.6 Å². The van der Waals surface area contributed by atoms with Gasteiger partial charge in [0.25, 0.3) is 0 Å². The molecule has 4 heterocycles. The Hall–Kier alpha value is -2.60. The number of ether oxygens (including phenoxy) is 3. The van der Waals surface area contributed by atoms with E-state index < -0.39 is 6.09 Å². The van der Waals surface area contributed by atoms with Gasteiger partial charge in [-0.05, 0) is 24.9 Å². The Bertz CT molecular complexity index is 1120. The number of hydrogen-bond acceptors (Lipinski definition) is 9.